The second-order valence-corrected chi connectivity index (χ2v) is 5.87. The Morgan fingerprint density at radius 1 is 1.59 bits per heavy atom. The summed E-state index contributed by atoms with van der Waals surface area (Å²) in [5, 5.41) is 0. The van der Waals surface area contributed by atoms with Gasteiger partial charge in [-0.3, -0.25) is 0 Å². The molecule has 17 heavy (non-hydrogen) atoms. The highest BCUT2D eigenvalue weighted by Gasteiger charge is 2.17. The van der Waals surface area contributed by atoms with Crippen LogP contribution in [0.15, 0.2) is 6.33 Å². The standard InChI is InChI=1S/C9H15N3O4S/c1-3-17(14,15)5-4-12-6-11-7(8(12)10)9(13)16-2/h6H,3-5,10H2,1-2H3. The number of nitrogen functional groups attached to an aromatic ring is 1. The summed E-state index contributed by atoms with van der Waals surface area (Å²) in [6.07, 6.45) is 1.33. The van der Waals surface area contributed by atoms with E-state index in [2.05, 4.69) is 9.72 Å². The third-order valence-corrected chi connectivity index (χ3v) is 4.02. The van der Waals surface area contributed by atoms with Crippen molar-refractivity contribution in [1.29, 1.82) is 0 Å². The van der Waals surface area contributed by atoms with Gasteiger partial charge in [-0.1, -0.05) is 6.92 Å². The summed E-state index contributed by atoms with van der Waals surface area (Å²) in [5.41, 5.74) is 5.66. The number of aromatic nitrogens is 2. The van der Waals surface area contributed by atoms with Crippen molar-refractivity contribution in [3.05, 3.63) is 12.0 Å². The van der Waals surface area contributed by atoms with Gasteiger partial charge in [0.15, 0.2) is 15.5 Å². The van der Waals surface area contributed by atoms with Gasteiger partial charge >= 0.3 is 5.97 Å². The van der Waals surface area contributed by atoms with Crippen LogP contribution in [0.1, 0.15) is 17.4 Å². The summed E-state index contributed by atoms with van der Waals surface area (Å²) < 4.78 is 28.5. The number of aryl methyl sites for hydroxylation is 1. The molecule has 0 unspecified atom stereocenters. The van der Waals surface area contributed by atoms with Gasteiger partial charge in [-0.2, -0.15) is 0 Å². The fraction of sp³-hybridized carbons (Fsp3) is 0.556. The highest BCUT2D eigenvalue weighted by Crippen LogP contribution is 2.11. The van der Waals surface area contributed by atoms with Gasteiger partial charge in [0.1, 0.15) is 5.82 Å². The lowest BCUT2D eigenvalue weighted by Gasteiger charge is -2.05. The maximum Gasteiger partial charge on any atom is 0.360 e. The molecular weight excluding hydrogens is 246 g/mol. The number of rotatable bonds is 5. The maximum absolute atomic E-state index is 11.3. The third-order valence-electron chi connectivity index (χ3n) is 2.34. The number of anilines is 1. The van der Waals surface area contributed by atoms with Gasteiger partial charge in [-0.25, -0.2) is 18.2 Å². The fourth-order valence-corrected chi connectivity index (χ4v) is 1.97. The van der Waals surface area contributed by atoms with Crippen molar-refractivity contribution in [1.82, 2.24) is 9.55 Å². The second kappa shape index (κ2) is 5.17. The Bertz CT molecular complexity index is 506. The average molecular weight is 261 g/mol. The molecule has 0 saturated carbocycles. The van der Waals surface area contributed by atoms with Gasteiger partial charge in [0.2, 0.25) is 0 Å². The molecule has 0 aliphatic rings. The number of sulfone groups is 1. The van der Waals surface area contributed by atoms with Crippen LogP contribution in [-0.2, 0) is 21.1 Å². The zero-order chi connectivity index (χ0) is 13.1. The van der Waals surface area contributed by atoms with Crippen LogP contribution in [0.2, 0.25) is 0 Å². The number of esters is 1. The van der Waals surface area contributed by atoms with E-state index in [1.54, 1.807) is 6.92 Å². The Labute approximate surface area is 99.5 Å². The van der Waals surface area contributed by atoms with Gasteiger partial charge in [0.25, 0.3) is 0 Å². The van der Waals surface area contributed by atoms with Gasteiger partial charge in [0, 0.05) is 12.3 Å². The van der Waals surface area contributed by atoms with Crippen LogP contribution in [0.4, 0.5) is 5.82 Å². The molecule has 8 heteroatoms. The Morgan fingerprint density at radius 2 is 2.24 bits per heavy atom. The number of imidazole rings is 1. The molecule has 0 fully saturated rings. The van der Waals surface area contributed by atoms with E-state index < -0.39 is 15.8 Å². The highest BCUT2D eigenvalue weighted by atomic mass is 32.2. The average Bonchev–Trinajstić information content (AvgIpc) is 2.67. The number of carbonyl (C=O) groups excluding carboxylic acids is 1. The second-order valence-electron chi connectivity index (χ2n) is 3.40. The number of hydrogen-bond donors (Lipinski definition) is 1. The van der Waals surface area contributed by atoms with Crippen LogP contribution in [0, 0.1) is 0 Å². The van der Waals surface area contributed by atoms with E-state index >= 15 is 0 Å². The zero-order valence-electron chi connectivity index (χ0n) is 9.71. The van der Waals surface area contributed by atoms with Crippen molar-refractivity contribution in [3.8, 4) is 0 Å². The predicted molar refractivity (Wildman–Crippen MR) is 62.3 cm³/mol. The smallest absolute Gasteiger partial charge is 0.360 e. The van der Waals surface area contributed by atoms with E-state index in [-0.39, 0.29) is 29.6 Å². The molecule has 7 nitrogen and oxygen atoms in total. The normalized spacial score (nSPS) is 11.4. The molecule has 0 aliphatic carbocycles. The van der Waals surface area contributed by atoms with Gasteiger partial charge in [-0.05, 0) is 0 Å². The molecular formula is C9H15N3O4S. The lowest BCUT2D eigenvalue weighted by molar-refractivity contribution is 0.0596. The number of methoxy groups -OCH3 is 1. The summed E-state index contributed by atoms with van der Waals surface area (Å²) in [4.78, 5) is 15.0. The largest absolute Gasteiger partial charge is 0.464 e. The highest BCUT2D eigenvalue weighted by molar-refractivity contribution is 7.91. The first-order chi connectivity index (χ1) is 7.91. The summed E-state index contributed by atoms with van der Waals surface area (Å²) >= 11 is 0. The van der Waals surface area contributed by atoms with E-state index in [0.717, 1.165) is 0 Å². The van der Waals surface area contributed by atoms with Crippen molar-refractivity contribution in [2.24, 2.45) is 0 Å². The van der Waals surface area contributed by atoms with E-state index in [1.165, 1.54) is 18.0 Å². The summed E-state index contributed by atoms with van der Waals surface area (Å²) in [7, 11) is -1.85. The SMILES string of the molecule is CCS(=O)(=O)CCn1cnc(C(=O)OC)c1N. The van der Waals surface area contributed by atoms with Crippen molar-refractivity contribution < 1.29 is 17.9 Å². The number of nitrogens with two attached hydrogens (primary N) is 1. The maximum atomic E-state index is 11.3. The van der Waals surface area contributed by atoms with Crippen LogP contribution in [-0.4, -0.2) is 42.6 Å². The molecule has 0 amide bonds. The number of ether oxygens (including phenoxy) is 1. The molecule has 1 aromatic heterocycles. The zero-order valence-corrected chi connectivity index (χ0v) is 10.5. The third kappa shape index (κ3) is 3.19. The molecule has 0 spiro atoms. The lowest BCUT2D eigenvalue weighted by Crippen LogP contribution is -2.16. The van der Waals surface area contributed by atoms with Crippen LogP contribution < -0.4 is 5.73 Å². The van der Waals surface area contributed by atoms with Crippen LogP contribution in [0.3, 0.4) is 0 Å². The molecule has 96 valence electrons. The Kier molecular flexibility index (Phi) is 4.11. The number of nitrogens with zero attached hydrogens (tertiary/aromatic N) is 2. The Hall–Kier alpha value is -1.57. The van der Waals surface area contributed by atoms with Gasteiger partial charge in [-0.15, -0.1) is 0 Å². The molecule has 1 heterocycles. The van der Waals surface area contributed by atoms with E-state index in [0.29, 0.717) is 0 Å². The van der Waals surface area contributed by atoms with Crippen LogP contribution in [0.25, 0.3) is 0 Å². The van der Waals surface area contributed by atoms with Crippen molar-refractivity contribution in [2.75, 3.05) is 24.3 Å². The quantitative estimate of drug-likeness (QED) is 0.729. The van der Waals surface area contributed by atoms with Gasteiger partial charge in [0.05, 0.1) is 19.2 Å². The molecule has 1 aromatic rings. The summed E-state index contributed by atoms with van der Waals surface area (Å²) in [5.74, 6) is -0.487. The predicted octanol–water partition coefficient (Wildman–Crippen LogP) is -0.313. The molecule has 0 saturated heterocycles. The molecule has 0 aliphatic heterocycles. The number of carbonyl (C=O) groups is 1. The van der Waals surface area contributed by atoms with Crippen LogP contribution in [0.5, 0.6) is 0 Å². The molecule has 0 radical (unpaired) electrons. The van der Waals surface area contributed by atoms with Crippen molar-refractivity contribution in [3.63, 3.8) is 0 Å². The van der Waals surface area contributed by atoms with Crippen LogP contribution >= 0.6 is 0 Å². The van der Waals surface area contributed by atoms with E-state index in [9.17, 15) is 13.2 Å². The minimum atomic E-state index is -3.07. The molecule has 0 atom stereocenters. The first-order valence-corrected chi connectivity index (χ1v) is 6.82. The Morgan fingerprint density at radius 3 is 2.76 bits per heavy atom. The number of hydrogen-bond acceptors (Lipinski definition) is 6. The summed E-state index contributed by atoms with van der Waals surface area (Å²) in [6.45, 7) is 1.75. The molecule has 1 rings (SSSR count). The molecule has 2 N–H and O–H groups in total. The van der Waals surface area contributed by atoms with Crippen molar-refractivity contribution in [2.45, 2.75) is 13.5 Å². The summed E-state index contributed by atoms with van der Waals surface area (Å²) in [6, 6.07) is 0. The molecule has 0 bridgehead atoms. The van der Waals surface area contributed by atoms with Crippen molar-refractivity contribution >= 4 is 21.6 Å². The first kappa shape index (κ1) is 13.5. The monoisotopic (exact) mass is 261 g/mol. The van der Waals surface area contributed by atoms with E-state index in [4.69, 9.17) is 5.73 Å². The molecule has 0 aromatic carbocycles. The fourth-order valence-electron chi connectivity index (χ4n) is 1.21. The van der Waals surface area contributed by atoms with Gasteiger partial charge < -0.3 is 15.0 Å². The lowest BCUT2D eigenvalue weighted by atomic mass is 10.4. The Balaban J connectivity index is 2.81. The van der Waals surface area contributed by atoms with E-state index in [1.807, 2.05) is 0 Å². The minimum absolute atomic E-state index is 0.00129. The minimum Gasteiger partial charge on any atom is -0.464 e. The topological polar surface area (TPSA) is 104 Å². The first-order valence-electron chi connectivity index (χ1n) is 5.00.